The third-order valence-electron chi connectivity index (χ3n) is 4.74. The van der Waals surface area contributed by atoms with E-state index in [1.807, 2.05) is 52.0 Å². The minimum Gasteiger partial charge on any atom is -0.350 e. The Labute approximate surface area is 175 Å². The van der Waals surface area contributed by atoms with E-state index in [-0.39, 0.29) is 24.3 Å². The number of amides is 2. The minimum atomic E-state index is -0.258. The van der Waals surface area contributed by atoms with Crippen LogP contribution in [-0.4, -0.2) is 22.8 Å². The highest BCUT2D eigenvalue weighted by Gasteiger charge is 2.17. The largest absolute Gasteiger partial charge is 0.350 e. The zero-order valence-electron chi connectivity index (χ0n) is 17.0. The molecule has 0 bridgehead atoms. The highest BCUT2D eigenvalue weighted by atomic mass is 35.5. The van der Waals surface area contributed by atoms with Crippen LogP contribution in [0.2, 0.25) is 5.02 Å². The van der Waals surface area contributed by atoms with E-state index in [2.05, 4.69) is 15.6 Å². The minimum absolute atomic E-state index is 0.0179. The molecule has 0 spiro atoms. The number of rotatable bonds is 5. The van der Waals surface area contributed by atoms with Crippen molar-refractivity contribution in [1.82, 2.24) is 10.3 Å². The lowest BCUT2D eigenvalue weighted by Gasteiger charge is -2.15. The Morgan fingerprint density at radius 1 is 1.10 bits per heavy atom. The molecule has 0 saturated carbocycles. The van der Waals surface area contributed by atoms with Gasteiger partial charge >= 0.3 is 0 Å². The number of carbonyl (C=O) groups excluding carboxylic acids is 2. The number of nitrogens with zero attached hydrogens (tertiary/aromatic N) is 1. The summed E-state index contributed by atoms with van der Waals surface area (Å²) in [5.74, 6) is -0.485. The van der Waals surface area contributed by atoms with E-state index < -0.39 is 0 Å². The molecule has 1 aromatic heterocycles. The van der Waals surface area contributed by atoms with Crippen molar-refractivity contribution in [1.29, 1.82) is 0 Å². The van der Waals surface area contributed by atoms with Gasteiger partial charge in [-0.15, -0.1) is 0 Å². The van der Waals surface area contributed by atoms with Crippen molar-refractivity contribution in [3.63, 3.8) is 0 Å². The van der Waals surface area contributed by atoms with Crippen molar-refractivity contribution in [3.05, 3.63) is 69.9 Å². The molecule has 3 rings (SSSR count). The maximum Gasteiger partial charge on any atom is 0.253 e. The van der Waals surface area contributed by atoms with Crippen LogP contribution in [0.15, 0.2) is 42.5 Å². The van der Waals surface area contributed by atoms with E-state index in [4.69, 9.17) is 11.6 Å². The molecule has 5 nitrogen and oxygen atoms in total. The second-order valence-electron chi connectivity index (χ2n) is 7.36. The smallest absolute Gasteiger partial charge is 0.253 e. The average molecular weight is 410 g/mol. The summed E-state index contributed by atoms with van der Waals surface area (Å²) in [6.45, 7) is 7.66. The standard InChI is InChI=1S/C23H24ClN3O2/c1-13(2)25-23(29)18-10-9-16(24)11-21(18)27-22(28)12-19-14(3)17-7-5-6-8-20(17)26-15(19)4/h5-11,13H,12H2,1-4H3,(H,25,29)(H,27,28). The number of halogens is 1. The van der Waals surface area contributed by atoms with Gasteiger partial charge in [0.25, 0.3) is 5.91 Å². The Hall–Kier alpha value is -2.92. The molecule has 0 saturated heterocycles. The van der Waals surface area contributed by atoms with Crippen LogP contribution >= 0.6 is 11.6 Å². The zero-order valence-corrected chi connectivity index (χ0v) is 17.7. The first-order valence-electron chi connectivity index (χ1n) is 9.51. The molecule has 2 amide bonds. The van der Waals surface area contributed by atoms with Gasteiger partial charge in [0.05, 0.1) is 23.2 Å². The van der Waals surface area contributed by atoms with E-state index in [1.54, 1.807) is 18.2 Å². The normalized spacial score (nSPS) is 11.0. The van der Waals surface area contributed by atoms with Gasteiger partial charge in [-0.05, 0) is 63.1 Å². The third kappa shape index (κ3) is 4.74. The van der Waals surface area contributed by atoms with Crippen molar-refractivity contribution in [2.75, 3.05) is 5.32 Å². The molecule has 6 heteroatoms. The number of pyridine rings is 1. The summed E-state index contributed by atoms with van der Waals surface area (Å²) in [5, 5.41) is 7.16. The number of aromatic nitrogens is 1. The van der Waals surface area contributed by atoms with Gasteiger partial charge in [-0.1, -0.05) is 29.8 Å². The van der Waals surface area contributed by atoms with Gasteiger partial charge in [-0.25, -0.2) is 0 Å². The molecule has 0 aliphatic carbocycles. The number of fused-ring (bicyclic) bond motifs is 1. The molecule has 0 fully saturated rings. The van der Waals surface area contributed by atoms with Crippen LogP contribution in [0.1, 0.15) is 41.0 Å². The summed E-state index contributed by atoms with van der Waals surface area (Å²) in [7, 11) is 0. The van der Waals surface area contributed by atoms with Crippen LogP contribution in [0.25, 0.3) is 10.9 Å². The van der Waals surface area contributed by atoms with E-state index in [0.717, 1.165) is 27.7 Å². The molecular weight excluding hydrogens is 386 g/mol. The number of carbonyl (C=O) groups is 2. The van der Waals surface area contributed by atoms with Crippen molar-refractivity contribution in [2.45, 2.75) is 40.2 Å². The maximum absolute atomic E-state index is 12.8. The fraction of sp³-hybridized carbons (Fsp3) is 0.261. The highest BCUT2D eigenvalue weighted by Crippen LogP contribution is 2.25. The van der Waals surface area contributed by atoms with Gasteiger partial charge < -0.3 is 10.6 Å². The monoisotopic (exact) mass is 409 g/mol. The first-order chi connectivity index (χ1) is 13.8. The lowest BCUT2D eigenvalue weighted by atomic mass is 9.99. The predicted molar refractivity (Wildman–Crippen MR) is 118 cm³/mol. The van der Waals surface area contributed by atoms with Crippen LogP contribution in [-0.2, 0) is 11.2 Å². The fourth-order valence-electron chi connectivity index (χ4n) is 3.34. The van der Waals surface area contributed by atoms with Crippen LogP contribution in [0.5, 0.6) is 0 Å². The predicted octanol–water partition coefficient (Wildman–Crippen LogP) is 4.82. The molecule has 0 aliphatic rings. The molecule has 3 aromatic rings. The molecule has 0 unspecified atom stereocenters. The molecule has 2 aromatic carbocycles. The Bertz CT molecular complexity index is 1090. The van der Waals surface area contributed by atoms with Crippen LogP contribution in [0.4, 0.5) is 5.69 Å². The zero-order chi connectivity index (χ0) is 21.1. The molecule has 1 heterocycles. The number of hydrogen-bond donors (Lipinski definition) is 2. The second-order valence-corrected chi connectivity index (χ2v) is 7.80. The van der Waals surface area contributed by atoms with Crippen molar-refractivity contribution in [2.24, 2.45) is 0 Å². The van der Waals surface area contributed by atoms with E-state index in [0.29, 0.717) is 16.3 Å². The van der Waals surface area contributed by atoms with E-state index in [1.165, 1.54) is 0 Å². The van der Waals surface area contributed by atoms with Crippen molar-refractivity contribution in [3.8, 4) is 0 Å². The Morgan fingerprint density at radius 2 is 1.83 bits per heavy atom. The summed E-state index contributed by atoms with van der Waals surface area (Å²) in [5.41, 5.74) is 4.42. The van der Waals surface area contributed by atoms with Crippen LogP contribution in [0, 0.1) is 13.8 Å². The SMILES string of the molecule is Cc1nc2ccccc2c(C)c1CC(=O)Nc1cc(Cl)ccc1C(=O)NC(C)C. The third-order valence-corrected chi connectivity index (χ3v) is 4.98. The summed E-state index contributed by atoms with van der Waals surface area (Å²) in [6, 6.07) is 12.7. The van der Waals surface area contributed by atoms with Crippen LogP contribution in [0.3, 0.4) is 0 Å². The molecular formula is C23H24ClN3O2. The molecule has 150 valence electrons. The molecule has 0 atom stereocenters. The highest BCUT2D eigenvalue weighted by molar-refractivity contribution is 6.31. The first kappa shape index (κ1) is 20.8. The number of benzene rings is 2. The quantitative estimate of drug-likeness (QED) is 0.634. The lowest BCUT2D eigenvalue weighted by molar-refractivity contribution is -0.115. The average Bonchev–Trinajstić information content (AvgIpc) is 2.64. The number of nitrogens with one attached hydrogen (secondary N) is 2. The van der Waals surface area contributed by atoms with Gasteiger partial charge in [0.15, 0.2) is 0 Å². The van der Waals surface area contributed by atoms with E-state index in [9.17, 15) is 9.59 Å². The summed E-state index contributed by atoms with van der Waals surface area (Å²) in [4.78, 5) is 29.9. The lowest BCUT2D eigenvalue weighted by Crippen LogP contribution is -2.31. The van der Waals surface area contributed by atoms with Crippen molar-refractivity contribution >= 4 is 40.0 Å². The molecule has 2 N–H and O–H groups in total. The van der Waals surface area contributed by atoms with Gasteiger partial charge in [0, 0.05) is 22.1 Å². The number of anilines is 1. The number of para-hydroxylation sites is 1. The molecule has 29 heavy (non-hydrogen) atoms. The topological polar surface area (TPSA) is 71.1 Å². The maximum atomic E-state index is 12.8. The molecule has 0 aliphatic heterocycles. The van der Waals surface area contributed by atoms with Crippen LogP contribution < -0.4 is 10.6 Å². The Balaban J connectivity index is 1.88. The second kappa shape index (κ2) is 8.62. The van der Waals surface area contributed by atoms with Gasteiger partial charge in [0.1, 0.15) is 0 Å². The van der Waals surface area contributed by atoms with Gasteiger partial charge in [0.2, 0.25) is 5.91 Å². The Kier molecular flexibility index (Phi) is 6.18. The fourth-order valence-corrected chi connectivity index (χ4v) is 3.52. The number of hydrogen-bond acceptors (Lipinski definition) is 3. The summed E-state index contributed by atoms with van der Waals surface area (Å²) >= 11 is 6.09. The van der Waals surface area contributed by atoms with E-state index >= 15 is 0 Å². The summed E-state index contributed by atoms with van der Waals surface area (Å²) in [6.07, 6.45) is 0.160. The van der Waals surface area contributed by atoms with Crippen molar-refractivity contribution < 1.29 is 9.59 Å². The van der Waals surface area contributed by atoms with Gasteiger partial charge in [-0.2, -0.15) is 0 Å². The molecule has 0 radical (unpaired) electrons. The number of aryl methyl sites for hydroxylation is 2. The first-order valence-corrected chi connectivity index (χ1v) is 9.89. The Morgan fingerprint density at radius 3 is 2.55 bits per heavy atom. The summed E-state index contributed by atoms with van der Waals surface area (Å²) < 4.78 is 0. The van der Waals surface area contributed by atoms with Gasteiger partial charge in [-0.3, -0.25) is 14.6 Å².